The van der Waals surface area contributed by atoms with Gasteiger partial charge < -0.3 is 9.88 Å². The van der Waals surface area contributed by atoms with Crippen molar-refractivity contribution in [3.05, 3.63) is 22.4 Å². The largest absolute Gasteiger partial charge is 0.347 e. The molecule has 4 unspecified atom stereocenters. The molecule has 0 aromatic carbocycles. The molecule has 4 atom stereocenters. The van der Waals surface area contributed by atoms with E-state index in [0.717, 1.165) is 33.8 Å². The highest BCUT2D eigenvalue weighted by Gasteiger charge is 2.65. The lowest BCUT2D eigenvalue weighted by molar-refractivity contribution is 0.0936. The van der Waals surface area contributed by atoms with Crippen molar-refractivity contribution in [1.29, 1.82) is 0 Å². The molecular formula is C14H17BrN2O. The molecule has 4 rings (SSSR count). The SMILES string of the molecule is Cn1cc(Br)cc1C(=O)NC1C2C3CCC(C3)C12. The molecule has 18 heavy (non-hydrogen) atoms. The van der Waals surface area contributed by atoms with Crippen LogP contribution in [0.2, 0.25) is 0 Å². The zero-order valence-electron chi connectivity index (χ0n) is 10.4. The number of nitrogens with one attached hydrogen (secondary N) is 1. The summed E-state index contributed by atoms with van der Waals surface area (Å²) in [5.41, 5.74) is 0.749. The predicted molar refractivity (Wildman–Crippen MR) is 72.2 cm³/mol. The molecule has 4 heteroatoms. The van der Waals surface area contributed by atoms with Crippen LogP contribution in [0.5, 0.6) is 0 Å². The maximum Gasteiger partial charge on any atom is 0.268 e. The molecule has 1 amide bonds. The van der Waals surface area contributed by atoms with E-state index in [1.165, 1.54) is 19.3 Å². The van der Waals surface area contributed by atoms with Crippen LogP contribution in [-0.2, 0) is 7.05 Å². The van der Waals surface area contributed by atoms with Gasteiger partial charge in [0.15, 0.2) is 0 Å². The van der Waals surface area contributed by atoms with E-state index in [1.807, 2.05) is 23.9 Å². The lowest BCUT2D eigenvalue weighted by atomic mass is 10.0. The second-order valence-electron chi connectivity index (χ2n) is 6.14. The topological polar surface area (TPSA) is 34.0 Å². The first kappa shape index (κ1) is 11.1. The maximum absolute atomic E-state index is 12.2. The number of nitrogens with zero attached hydrogens (tertiary/aromatic N) is 1. The Morgan fingerprint density at radius 1 is 1.39 bits per heavy atom. The second-order valence-corrected chi connectivity index (χ2v) is 7.06. The molecule has 0 saturated heterocycles. The Hall–Kier alpha value is -0.770. The van der Waals surface area contributed by atoms with Crippen LogP contribution in [0.3, 0.4) is 0 Å². The van der Waals surface area contributed by atoms with Crippen LogP contribution in [0, 0.1) is 23.7 Å². The standard InChI is InChI=1S/C14H17BrN2O/c1-17-6-9(15)5-10(17)14(18)16-13-11-7-2-3-8(4-7)12(11)13/h5-8,11-13H,2-4H2,1H3,(H,16,18). The number of hydrogen-bond acceptors (Lipinski definition) is 1. The first-order valence-corrected chi connectivity index (χ1v) is 7.57. The Balaban J connectivity index is 1.48. The van der Waals surface area contributed by atoms with Gasteiger partial charge in [-0.15, -0.1) is 0 Å². The summed E-state index contributed by atoms with van der Waals surface area (Å²) in [6.07, 6.45) is 6.14. The van der Waals surface area contributed by atoms with Crippen LogP contribution >= 0.6 is 15.9 Å². The van der Waals surface area contributed by atoms with Crippen molar-refractivity contribution < 1.29 is 4.79 Å². The van der Waals surface area contributed by atoms with E-state index in [2.05, 4.69) is 21.2 Å². The summed E-state index contributed by atoms with van der Waals surface area (Å²) in [4.78, 5) is 12.2. The second kappa shape index (κ2) is 3.62. The number of carbonyl (C=O) groups is 1. The molecule has 1 aromatic heterocycles. The van der Waals surface area contributed by atoms with Gasteiger partial charge in [0.25, 0.3) is 5.91 Å². The molecule has 96 valence electrons. The number of rotatable bonds is 2. The zero-order valence-corrected chi connectivity index (χ0v) is 12.0. The molecular weight excluding hydrogens is 292 g/mol. The average Bonchev–Trinajstić information content (AvgIpc) is 2.70. The van der Waals surface area contributed by atoms with Crippen molar-refractivity contribution in [1.82, 2.24) is 9.88 Å². The van der Waals surface area contributed by atoms with Crippen molar-refractivity contribution in [2.75, 3.05) is 0 Å². The van der Waals surface area contributed by atoms with Gasteiger partial charge in [-0.1, -0.05) is 0 Å². The number of amides is 1. The summed E-state index contributed by atoms with van der Waals surface area (Å²) in [6.45, 7) is 0. The van der Waals surface area contributed by atoms with Gasteiger partial charge in [0.1, 0.15) is 5.69 Å². The molecule has 0 radical (unpaired) electrons. The molecule has 3 aliphatic carbocycles. The van der Waals surface area contributed by atoms with Crippen molar-refractivity contribution in [2.24, 2.45) is 30.7 Å². The van der Waals surface area contributed by atoms with Crippen LogP contribution in [0.15, 0.2) is 16.7 Å². The van der Waals surface area contributed by atoms with Crippen LogP contribution in [0.4, 0.5) is 0 Å². The fourth-order valence-corrected chi connectivity index (χ4v) is 5.02. The highest BCUT2D eigenvalue weighted by Crippen LogP contribution is 2.65. The number of carbonyl (C=O) groups excluding carboxylic acids is 1. The summed E-state index contributed by atoms with van der Waals surface area (Å²) < 4.78 is 2.85. The number of fused-ring (bicyclic) bond motifs is 5. The minimum absolute atomic E-state index is 0.0852. The van der Waals surface area contributed by atoms with E-state index in [0.29, 0.717) is 6.04 Å². The number of hydrogen-bond donors (Lipinski definition) is 1. The van der Waals surface area contributed by atoms with E-state index < -0.39 is 0 Å². The molecule has 1 N–H and O–H groups in total. The minimum Gasteiger partial charge on any atom is -0.347 e. The third-order valence-electron chi connectivity index (χ3n) is 5.24. The lowest BCUT2D eigenvalue weighted by Crippen LogP contribution is -2.31. The first-order valence-electron chi connectivity index (χ1n) is 6.78. The first-order chi connectivity index (χ1) is 8.65. The van der Waals surface area contributed by atoms with E-state index in [9.17, 15) is 4.79 Å². The predicted octanol–water partition coefficient (Wildman–Crippen LogP) is 2.56. The van der Waals surface area contributed by atoms with Crippen LogP contribution in [-0.4, -0.2) is 16.5 Å². The van der Waals surface area contributed by atoms with E-state index in [-0.39, 0.29) is 5.91 Å². The lowest BCUT2D eigenvalue weighted by Gasteiger charge is -2.10. The van der Waals surface area contributed by atoms with Gasteiger partial charge in [-0.25, -0.2) is 0 Å². The average molecular weight is 309 g/mol. The Labute approximate surface area is 115 Å². The Bertz CT molecular complexity index is 508. The Kier molecular flexibility index (Phi) is 2.23. The molecule has 0 spiro atoms. The van der Waals surface area contributed by atoms with Gasteiger partial charge in [-0.3, -0.25) is 4.79 Å². The fraction of sp³-hybridized carbons (Fsp3) is 0.643. The molecule has 3 fully saturated rings. The van der Waals surface area contributed by atoms with Crippen molar-refractivity contribution in [3.8, 4) is 0 Å². The monoisotopic (exact) mass is 308 g/mol. The summed E-state index contributed by atoms with van der Waals surface area (Å²) in [7, 11) is 1.91. The minimum atomic E-state index is 0.0852. The molecule has 3 aliphatic rings. The van der Waals surface area contributed by atoms with Gasteiger partial charge in [-0.2, -0.15) is 0 Å². The van der Waals surface area contributed by atoms with Gasteiger partial charge in [0, 0.05) is 23.8 Å². The van der Waals surface area contributed by atoms with E-state index in [4.69, 9.17) is 0 Å². The molecule has 1 aromatic rings. The smallest absolute Gasteiger partial charge is 0.268 e. The Morgan fingerprint density at radius 2 is 2.06 bits per heavy atom. The van der Waals surface area contributed by atoms with E-state index in [1.54, 1.807) is 0 Å². The number of halogens is 1. The molecule has 3 nitrogen and oxygen atoms in total. The third kappa shape index (κ3) is 1.44. The summed E-state index contributed by atoms with van der Waals surface area (Å²) >= 11 is 3.41. The van der Waals surface area contributed by atoms with Gasteiger partial charge in [0.05, 0.1) is 0 Å². The van der Waals surface area contributed by atoms with Crippen molar-refractivity contribution >= 4 is 21.8 Å². The zero-order chi connectivity index (χ0) is 12.4. The summed E-state index contributed by atoms with van der Waals surface area (Å²) in [6, 6.07) is 2.36. The molecule has 1 heterocycles. The highest BCUT2D eigenvalue weighted by atomic mass is 79.9. The molecule has 2 bridgehead atoms. The van der Waals surface area contributed by atoms with Gasteiger partial charge >= 0.3 is 0 Å². The quantitative estimate of drug-likeness (QED) is 0.895. The van der Waals surface area contributed by atoms with E-state index >= 15 is 0 Å². The van der Waals surface area contributed by atoms with Crippen molar-refractivity contribution in [3.63, 3.8) is 0 Å². The van der Waals surface area contributed by atoms with Crippen LogP contribution in [0.25, 0.3) is 0 Å². The fourth-order valence-electron chi connectivity index (χ4n) is 4.49. The van der Waals surface area contributed by atoms with Crippen molar-refractivity contribution in [2.45, 2.75) is 25.3 Å². The number of aryl methyl sites for hydroxylation is 1. The summed E-state index contributed by atoms with van der Waals surface area (Å²) in [5, 5.41) is 3.25. The molecule has 0 aliphatic heterocycles. The number of aromatic nitrogens is 1. The third-order valence-corrected chi connectivity index (χ3v) is 5.67. The van der Waals surface area contributed by atoms with Gasteiger partial charge in [0.2, 0.25) is 0 Å². The molecule has 3 saturated carbocycles. The van der Waals surface area contributed by atoms with Crippen LogP contribution < -0.4 is 5.32 Å². The maximum atomic E-state index is 12.2. The van der Waals surface area contributed by atoms with Gasteiger partial charge in [-0.05, 0) is 64.9 Å². The normalized spacial score (nSPS) is 39.8. The van der Waals surface area contributed by atoms with Crippen LogP contribution in [0.1, 0.15) is 29.8 Å². The Morgan fingerprint density at radius 3 is 2.61 bits per heavy atom. The summed E-state index contributed by atoms with van der Waals surface area (Å²) in [5.74, 6) is 3.51. The highest BCUT2D eigenvalue weighted by molar-refractivity contribution is 9.10.